The van der Waals surface area contributed by atoms with Crippen molar-refractivity contribution >= 4 is 0 Å². The van der Waals surface area contributed by atoms with Gasteiger partial charge in [0.25, 0.3) is 0 Å². The summed E-state index contributed by atoms with van der Waals surface area (Å²) in [7, 11) is 1.98. The van der Waals surface area contributed by atoms with E-state index in [-0.39, 0.29) is 6.04 Å². The second-order valence-electron chi connectivity index (χ2n) is 5.90. The first kappa shape index (κ1) is 14.5. The third-order valence-electron chi connectivity index (χ3n) is 4.04. The topological polar surface area (TPSA) is 47.1 Å². The summed E-state index contributed by atoms with van der Waals surface area (Å²) in [6.45, 7) is 6.75. The largest absolute Gasteiger partial charge is 0.326 e. The van der Waals surface area contributed by atoms with Gasteiger partial charge < -0.3 is 5.73 Å². The average Bonchev–Trinajstić information content (AvgIpc) is 3.11. The molecule has 1 heterocycles. The minimum atomic E-state index is 0.189. The van der Waals surface area contributed by atoms with Crippen molar-refractivity contribution in [3.8, 4) is 0 Å². The van der Waals surface area contributed by atoms with Crippen molar-refractivity contribution in [1.29, 1.82) is 0 Å². The molecule has 108 valence electrons. The summed E-state index contributed by atoms with van der Waals surface area (Å²) in [6.07, 6.45) is 9.07. The lowest BCUT2D eigenvalue weighted by atomic mass is 9.98. The van der Waals surface area contributed by atoms with Crippen LogP contribution in [0.3, 0.4) is 0 Å². The normalized spacial score (nSPS) is 18.8. The zero-order valence-electron chi connectivity index (χ0n) is 12.5. The van der Waals surface area contributed by atoms with E-state index in [1.807, 2.05) is 17.9 Å². The molecule has 0 spiro atoms. The Balaban J connectivity index is 2.17. The number of hydrogen-bond acceptors (Lipinski definition) is 3. The summed E-state index contributed by atoms with van der Waals surface area (Å²) in [4.78, 5) is 2.59. The summed E-state index contributed by atoms with van der Waals surface area (Å²) in [5.41, 5.74) is 7.68. The summed E-state index contributed by atoms with van der Waals surface area (Å²) in [6, 6.07) is 0.508. The van der Waals surface area contributed by atoms with Gasteiger partial charge >= 0.3 is 0 Å². The van der Waals surface area contributed by atoms with Crippen molar-refractivity contribution in [3.05, 3.63) is 18.0 Å². The number of nitrogens with zero attached hydrogens (tertiary/aromatic N) is 3. The van der Waals surface area contributed by atoms with Gasteiger partial charge in [-0.15, -0.1) is 0 Å². The van der Waals surface area contributed by atoms with E-state index in [1.165, 1.54) is 31.4 Å². The molecular formula is C15H28N4. The van der Waals surface area contributed by atoms with Crippen LogP contribution in [0.15, 0.2) is 12.4 Å². The first-order chi connectivity index (χ1) is 9.15. The van der Waals surface area contributed by atoms with E-state index in [1.54, 1.807) is 0 Å². The summed E-state index contributed by atoms with van der Waals surface area (Å²) in [5.74, 6) is 0.898. The van der Waals surface area contributed by atoms with Gasteiger partial charge in [0.2, 0.25) is 0 Å². The minimum absolute atomic E-state index is 0.189. The summed E-state index contributed by atoms with van der Waals surface area (Å²) < 4.78 is 1.88. The van der Waals surface area contributed by atoms with E-state index < -0.39 is 0 Å². The zero-order chi connectivity index (χ0) is 13.8. The predicted octanol–water partition coefficient (Wildman–Crippen LogP) is 2.32. The van der Waals surface area contributed by atoms with Crippen LogP contribution in [0.2, 0.25) is 0 Å². The molecule has 4 nitrogen and oxygen atoms in total. The monoisotopic (exact) mass is 264 g/mol. The molecule has 0 radical (unpaired) electrons. The summed E-state index contributed by atoms with van der Waals surface area (Å²) >= 11 is 0. The van der Waals surface area contributed by atoms with Gasteiger partial charge in [0.05, 0.1) is 12.2 Å². The van der Waals surface area contributed by atoms with Gasteiger partial charge in [-0.05, 0) is 38.1 Å². The van der Waals surface area contributed by atoms with Gasteiger partial charge in [-0.25, -0.2) is 0 Å². The Morgan fingerprint density at radius 2 is 2.21 bits per heavy atom. The lowest BCUT2D eigenvalue weighted by Gasteiger charge is -2.34. The molecule has 2 atom stereocenters. The van der Waals surface area contributed by atoms with Crippen molar-refractivity contribution in [1.82, 2.24) is 14.7 Å². The van der Waals surface area contributed by atoms with Crippen LogP contribution in [0.1, 0.15) is 51.1 Å². The van der Waals surface area contributed by atoms with Crippen molar-refractivity contribution in [2.75, 3.05) is 13.1 Å². The zero-order valence-corrected chi connectivity index (χ0v) is 12.5. The van der Waals surface area contributed by atoms with Crippen molar-refractivity contribution in [2.45, 2.75) is 51.6 Å². The molecule has 0 amide bonds. The molecule has 2 unspecified atom stereocenters. The van der Waals surface area contributed by atoms with E-state index in [9.17, 15) is 0 Å². The van der Waals surface area contributed by atoms with Gasteiger partial charge in [-0.3, -0.25) is 9.58 Å². The molecule has 0 aromatic carbocycles. The molecule has 2 rings (SSSR count). The molecule has 4 heteroatoms. The van der Waals surface area contributed by atoms with Crippen LogP contribution in [0.4, 0.5) is 0 Å². The van der Waals surface area contributed by atoms with E-state index in [4.69, 9.17) is 5.73 Å². The van der Waals surface area contributed by atoms with Crippen molar-refractivity contribution in [2.24, 2.45) is 18.7 Å². The molecule has 19 heavy (non-hydrogen) atoms. The van der Waals surface area contributed by atoms with Crippen LogP contribution in [-0.4, -0.2) is 33.8 Å². The molecule has 1 aromatic rings. The highest BCUT2D eigenvalue weighted by molar-refractivity contribution is 5.13. The maximum atomic E-state index is 6.41. The van der Waals surface area contributed by atoms with Gasteiger partial charge in [0, 0.05) is 31.4 Å². The average molecular weight is 264 g/mol. The van der Waals surface area contributed by atoms with Crippen molar-refractivity contribution in [3.63, 3.8) is 0 Å². The lowest BCUT2D eigenvalue weighted by Crippen LogP contribution is -2.42. The minimum Gasteiger partial charge on any atom is -0.326 e. The van der Waals surface area contributed by atoms with Crippen molar-refractivity contribution < 1.29 is 0 Å². The van der Waals surface area contributed by atoms with Crippen LogP contribution in [0.25, 0.3) is 0 Å². The van der Waals surface area contributed by atoms with Crippen LogP contribution < -0.4 is 5.73 Å². The molecule has 1 aromatic heterocycles. The highest BCUT2D eigenvalue weighted by Gasteiger charge is 2.31. The van der Waals surface area contributed by atoms with E-state index in [0.717, 1.165) is 18.9 Å². The lowest BCUT2D eigenvalue weighted by molar-refractivity contribution is 0.162. The predicted molar refractivity (Wildman–Crippen MR) is 78.8 cm³/mol. The standard InChI is InChI=1S/C15H28N4/c1-4-8-19(10-12-6-7-12)15(14(16)5-2)13-9-17-18(3)11-13/h9,11-12,14-15H,4-8,10,16H2,1-3H3. The summed E-state index contributed by atoms with van der Waals surface area (Å²) in [5, 5.41) is 4.33. The Morgan fingerprint density at radius 1 is 1.47 bits per heavy atom. The highest BCUT2D eigenvalue weighted by atomic mass is 15.3. The Hall–Kier alpha value is -0.870. The van der Waals surface area contributed by atoms with Gasteiger partial charge in [-0.1, -0.05) is 13.8 Å². The number of rotatable bonds is 8. The molecule has 2 N–H and O–H groups in total. The maximum absolute atomic E-state index is 6.41. The number of hydrogen-bond donors (Lipinski definition) is 1. The third kappa shape index (κ3) is 3.80. The van der Waals surface area contributed by atoms with Gasteiger partial charge in [0.1, 0.15) is 0 Å². The second-order valence-corrected chi connectivity index (χ2v) is 5.90. The Kier molecular flexibility index (Phi) is 4.99. The molecule has 0 aliphatic heterocycles. The molecular weight excluding hydrogens is 236 g/mol. The number of aromatic nitrogens is 2. The van der Waals surface area contributed by atoms with E-state index in [2.05, 4.69) is 30.0 Å². The molecule has 1 aliphatic rings. The number of aryl methyl sites for hydroxylation is 1. The van der Waals surface area contributed by atoms with Crippen LogP contribution in [-0.2, 0) is 7.05 Å². The maximum Gasteiger partial charge on any atom is 0.0538 e. The van der Waals surface area contributed by atoms with E-state index in [0.29, 0.717) is 6.04 Å². The third-order valence-corrected chi connectivity index (χ3v) is 4.04. The van der Waals surface area contributed by atoms with Gasteiger partial charge in [-0.2, -0.15) is 5.10 Å². The molecule has 1 saturated carbocycles. The van der Waals surface area contributed by atoms with Crippen LogP contribution >= 0.6 is 0 Å². The highest BCUT2D eigenvalue weighted by Crippen LogP contribution is 2.34. The Labute approximate surface area is 117 Å². The smallest absolute Gasteiger partial charge is 0.0538 e. The molecule has 1 fully saturated rings. The van der Waals surface area contributed by atoms with Crippen LogP contribution in [0.5, 0.6) is 0 Å². The molecule has 1 aliphatic carbocycles. The fourth-order valence-corrected chi connectivity index (χ4v) is 2.81. The SMILES string of the molecule is CCCN(CC1CC1)C(c1cnn(C)c1)C(N)CC. The van der Waals surface area contributed by atoms with Crippen LogP contribution in [0, 0.1) is 5.92 Å². The first-order valence-corrected chi connectivity index (χ1v) is 7.63. The molecule has 0 bridgehead atoms. The quantitative estimate of drug-likeness (QED) is 0.784. The first-order valence-electron chi connectivity index (χ1n) is 7.63. The van der Waals surface area contributed by atoms with E-state index >= 15 is 0 Å². The fraction of sp³-hybridized carbons (Fsp3) is 0.800. The second kappa shape index (κ2) is 6.53. The molecule has 0 saturated heterocycles. The fourth-order valence-electron chi connectivity index (χ4n) is 2.81. The Morgan fingerprint density at radius 3 is 2.68 bits per heavy atom. The van der Waals surface area contributed by atoms with Gasteiger partial charge in [0.15, 0.2) is 0 Å². The number of nitrogens with two attached hydrogens (primary N) is 1. The Bertz CT molecular complexity index is 383.